The summed E-state index contributed by atoms with van der Waals surface area (Å²) in [4.78, 5) is 43.8. The minimum absolute atomic E-state index is 0.0774. The van der Waals surface area contributed by atoms with Crippen molar-refractivity contribution in [1.82, 2.24) is 4.90 Å². The summed E-state index contributed by atoms with van der Waals surface area (Å²) in [6.45, 7) is 13.1. The zero-order valence-corrected chi connectivity index (χ0v) is 31.8. The van der Waals surface area contributed by atoms with Crippen molar-refractivity contribution in [2.75, 3.05) is 25.6 Å². The average molecular weight is 740 g/mol. The maximum atomic E-state index is 14.3. The van der Waals surface area contributed by atoms with Gasteiger partial charge in [-0.05, 0) is 106 Å². The van der Waals surface area contributed by atoms with E-state index in [2.05, 4.69) is 66.0 Å². The van der Waals surface area contributed by atoms with Crippen LogP contribution in [0, 0.1) is 24.7 Å². The molecule has 0 spiro atoms. The lowest BCUT2D eigenvalue weighted by molar-refractivity contribution is -0.120. The second-order valence-corrected chi connectivity index (χ2v) is 16.4. The number of carbonyl (C=O) groups is 3. The summed E-state index contributed by atoms with van der Waals surface area (Å²) in [6, 6.07) is 19.9. The van der Waals surface area contributed by atoms with Crippen molar-refractivity contribution in [2.24, 2.45) is 10.8 Å². The van der Waals surface area contributed by atoms with Crippen LogP contribution in [0.25, 0.3) is 0 Å². The number of allylic oxidation sites excluding steroid dienone is 4. The molecule has 1 heterocycles. The molecular weight excluding hydrogens is 692 g/mol. The van der Waals surface area contributed by atoms with Gasteiger partial charge in [0.25, 0.3) is 5.91 Å². The molecule has 0 unspecified atom stereocenters. The fourth-order valence-electron chi connectivity index (χ4n) is 7.74. The number of Topliss-reactive ketones (excluding diaryl/α,β-unsaturated/α-hetero) is 2. The Hall–Kier alpha value is -4.17. The summed E-state index contributed by atoms with van der Waals surface area (Å²) in [7, 11) is 1.55. The normalized spacial score (nSPS) is 18.5. The Balaban J connectivity index is 1.39. The molecule has 8 heteroatoms. The number of benzene rings is 3. The molecule has 0 atom stereocenters. The Labute approximate surface area is 304 Å². The van der Waals surface area contributed by atoms with Gasteiger partial charge in [0, 0.05) is 53.5 Å². The number of halogens is 1. The molecule has 1 aliphatic heterocycles. The predicted octanol–water partition coefficient (Wildman–Crippen LogP) is 9.02. The number of ether oxygens (including phenoxy) is 2. The summed E-state index contributed by atoms with van der Waals surface area (Å²) in [5.74, 6) is 0.109. The minimum Gasteiger partial charge on any atom is -0.493 e. The van der Waals surface area contributed by atoms with Crippen LogP contribution >= 0.6 is 15.9 Å². The Morgan fingerprint density at radius 1 is 0.860 bits per heavy atom. The summed E-state index contributed by atoms with van der Waals surface area (Å²) in [6.07, 6.45) is 3.09. The lowest BCUT2D eigenvalue weighted by Gasteiger charge is -2.49. The van der Waals surface area contributed by atoms with Crippen molar-refractivity contribution in [2.45, 2.75) is 79.6 Å². The third kappa shape index (κ3) is 7.32. The first-order chi connectivity index (χ1) is 23.7. The molecule has 262 valence electrons. The van der Waals surface area contributed by atoms with Crippen molar-refractivity contribution >= 4 is 39.1 Å². The third-order valence-corrected chi connectivity index (χ3v) is 10.8. The van der Waals surface area contributed by atoms with Gasteiger partial charge in [-0.25, -0.2) is 0 Å². The van der Waals surface area contributed by atoms with Crippen LogP contribution in [0.4, 0.5) is 5.69 Å². The van der Waals surface area contributed by atoms with Gasteiger partial charge in [0.2, 0.25) is 0 Å². The predicted molar refractivity (Wildman–Crippen MR) is 200 cm³/mol. The van der Waals surface area contributed by atoms with Crippen LogP contribution in [0.2, 0.25) is 0 Å². The maximum absolute atomic E-state index is 14.3. The van der Waals surface area contributed by atoms with E-state index in [1.807, 2.05) is 62.4 Å². The molecule has 0 bridgehead atoms. The van der Waals surface area contributed by atoms with Crippen LogP contribution in [0.3, 0.4) is 0 Å². The molecular formula is C42H47BrN2O5. The van der Waals surface area contributed by atoms with E-state index < -0.39 is 5.92 Å². The maximum Gasteiger partial charge on any atom is 0.262 e. The van der Waals surface area contributed by atoms with Gasteiger partial charge in [0.15, 0.2) is 29.7 Å². The van der Waals surface area contributed by atoms with Gasteiger partial charge in [0.1, 0.15) is 0 Å². The average Bonchev–Trinajstić information content (AvgIpc) is 3.03. The van der Waals surface area contributed by atoms with Crippen LogP contribution in [0.5, 0.6) is 11.5 Å². The second-order valence-electron chi connectivity index (χ2n) is 15.6. The first-order valence-electron chi connectivity index (χ1n) is 17.4. The molecule has 0 saturated carbocycles. The van der Waals surface area contributed by atoms with E-state index in [9.17, 15) is 14.4 Å². The van der Waals surface area contributed by atoms with E-state index in [1.165, 1.54) is 5.56 Å². The van der Waals surface area contributed by atoms with Gasteiger partial charge in [0.05, 0.1) is 11.6 Å². The summed E-state index contributed by atoms with van der Waals surface area (Å²) in [5, 5.41) is 2.90. The molecule has 3 aromatic rings. The Kier molecular flexibility index (Phi) is 9.88. The largest absolute Gasteiger partial charge is 0.493 e. The molecule has 1 amide bonds. The van der Waals surface area contributed by atoms with Crippen LogP contribution in [-0.2, 0) is 20.8 Å². The number of hydrogen-bond donors (Lipinski definition) is 1. The van der Waals surface area contributed by atoms with Gasteiger partial charge >= 0.3 is 0 Å². The fraction of sp³-hybridized carbons (Fsp3) is 0.405. The molecule has 3 aromatic carbocycles. The molecule has 50 heavy (non-hydrogen) atoms. The third-order valence-electron chi connectivity index (χ3n) is 10.2. The van der Waals surface area contributed by atoms with Gasteiger partial charge in [-0.15, -0.1) is 0 Å². The quantitative estimate of drug-likeness (QED) is 0.236. The topological polar surface area (TPSA) is 84.9 Å². The molecule has 3 aliphatic rings. The lowest BCUT2D eigenvalue weighted by atomic mass is 9.63. The number of rotatable bonds is 9. The van der Waals surface area contributed by atoms with E-state index in [4.69, 9.17) is 9.47 Å². The number of carbonyl (C=O) groups excluding carboxylic acids is 3. The van der Waals surface area contributed by atoms with Crippen molar-refractivity contribution in [3.05, 3.63) is 110 Å². The van der Waals surface area contributed by atoms with Crippen LogP contribution in [0.15, 0.2) is 87.7 Å². The molecule has 0 aromatic heterocycles. The highest BCUT2D eigenvalue weighted by molar-refractivity contribution is 9.10. The zero-order chi connectivity index (χ0) is 36.0. The van der Waals surface area contributed by atoms with E-state index >= 15 is 0 Å². The number of ketones is 2. The van der Waals surface area contributed by atoms with Crippen molar-refractivity contribution in [3.8, 4) is 11.5 Å². The van der Waals surface area contributed by atoms with Crippen molar-refractivity contribution < 1.29 is 23.9 Å². The number of methoxy groups -OCH3 is 1. The SMILES string of the molecule is COc1cc(C2C3=C(CC(C)(C)CC3=O)N(CCc3ccccc3)C3=C2C(=O)CC(C)(C)C3)cc(Br)c1OCC(=O)Nc1ccc(C)c(C)c1. The van der Waals surface area contributed by atoms with E-state index in [0.717, 1.165) is 47.3 Å². The van der Waals surface area contributed by atoms with Crippen LogP contribution in [0.1, 0.15) is 81.5 Å². The minimum atomic E-state index is -0.535. The Morgan fingerprint density at radius 2 is 1.48 bits per heavy atom. The highest BCUT2D eigenvalue weighted by Gasteiger charge is 2.49. The van der Waals surface area contributed by atoms with Crippen LogP contribution < -0.4 is 14.8 Å². The Bertz CT molecular complexity index is 1870. The highest BCUT2D eigenvalue weighted by Crippen LogP contribution is 2.55. The zero-order valence-electron chi connectivity index (χ0n) is 30.2. The molecule has 1 N–H and O–H groups in total. The van der Waals surface area contributed by atoms with Crippen LogP contribution in [-0.4, -0.2) is 42.6 Å². The molecule has 0 fully saturated rings. The molecule has 6 rings (SSSR count). The van der Waals surface area contributed by atoms with Crippen molar-refractivity contribution in [3.63, 3.8) is 0 Å². The van der Waals surface area contributed by atoms with E-state index in [1.54, 1.807) is 7.11 Å². The summed E-state index contributed by atoms with van der Waals surface area (Å²) >= 11 is 3.70. The van der Waals surface area contributed by atoms with Gasteiger partial charge < -0.3 is 19.7 Å². The molecule has 7 nitrogen and oxygen atoms in total. The first-order valence-corrected chi connectivity index (χ1v) is 18.2. The second kappa shape index (κ2) is 13.9. The van der Waals surface area contributed by atoms with Gasteiger partial charge in [-0.1, -0.05) is 64.1 Å². The van der Waals surface area contributed by atoms with Crippen molar-refractivity contribution in [1.29, 1.82) is 0 Å². The summed E-state index contributed by atoms with van der Waals surface area (Å²) < 4.78 is 12.5. The van der Waals surface area contributed by atoms with E-state index in [0.29, 0.717) is 52.2 Å². The number of hydrogen-bond acceptors (Lipinski definition) is 6. The number of nitrogens with zero attached hydrogens (tertiary/aromatic N) is 1. The molecule has 2 aliphatic carbocycles. The number of aryl methyl sites for hydroxylation is 2. The van der Waals surface area contributed by atoms with Gasteiger partial charge in [-0.3, -0.25) is 14.4 Å². The number of amides is 1. The first kappa shape index (κ1) is 35.6. The number of nitrogens with one attached hydrogen (secondary N) is 1. The lowest BCUT2D eigenvalue weighted by Crippen LogP contribution is -2.45. The highest BCUT2D eigenvalue weighted by atomic mass is 79.9. The van der Waals surface area contributed by atoms with Gasteiger partial charge in [-0.2, -0.15) is 0 Å². The number of anilines is 1. The van der Waals surface area contributed by atoms with E-state index in [-0.39, 0.29) is 34.9 Å². The monoisotopic (exact) mass is 738 g/mol. The molecule has 0 saturated heterocycles. The molecule has 0 radical (unpaired) electrons. The Morgan fingerprint density at radius 3 is 2.06 bits per heavy atom. The summed E-state index contributed by atoms with van der Waals surface area (Å²) in [5.41, 5.74) is 7.96. The standard InChI is InChI=1S/C42H47BrN2O5/c1-25-13-14-29(17-26(25)2)44-36(48)24-50-40-30(43)18-28(19-35(40)49-7)37-38-31(20-41(3,4)22-33(38)46)45(16-15-27-11-9-8-10-12-27)32-21-42(5,6)23-34(47)39(32)37/h8-14,17-19,37H,15-16,20-24H2,1-7H3,(H,44,48). The fourth-order valence-corrected chi connectivity index (χ4v) is 8.31. The smallest absolute Gasteiger partial charge is 0.262 e.